The number of allylic oxidation sites excluding steroid dienone is 1. The minimum absolute atomic E-state index is 0.0175. The number of ether oxygens (including phenoxy) is 6. The first kappa shape index (κ1) is 38.8. The molecular formula is C41H58O8. The summed E-state index contributed by atoms with van der Waals surface area (Å²) >= 11 is 0. The summed E-state index contributed by atoms with van der Waals surface area (Å²) in [6, 6.07) is 17.9. The van der Waals surface area contributed by atoms with Crippen LogP contribution in [0.2, 0.25) is 0 Å². The van der Waals surface area contributed by atoms with Gasteiger partial charge in [-0.1, -0.05) is 103 Å². The van der Waals surface area contributed by atoms with Crippen LogP contribution in [0, 0.1) is 29.6 Å². The molecule has 2 aliphatic heterocycles. The zero-order valence-electron chi connectivity index (χ0n) is 30.2. The molecule has 2 fully saturated rings. The van der Waals surface area contributed by atoms with Gasteiger partial charge < -0.3 is 28.4 Å². The molecule has 270 valence electrons. The number of esters is 2. The molecule has 0 aromatic heterocycles. The van der Waals surface area contributed by atoms with Crippen LogP contribution in [0.3, 0.4) is 0 Å². The molecule has 0 bridgehead atoms. The average Bonchev–Trinajstić information content (AvgIpc) is 3.13. The zero-order valence-corrected chi connectivity index (χ0v) is 30.2. The molecular weight excluding hydrogens is 620 g/mol. The van der Waals surface area contributed by atoms with E-state index in [1.807, 2.05) is 42.5 Å². The van der Waals surface area contributed by atoms with E-state index in [1.54, 1.807) is 24.3 Å². The van der Waals surface area contributed by atoms with Crippen molar-refractivity contribution in [3.05, 3.63) is 84.4 Å². The molecule has 2 heterocycles. The summed E-state index contributed by atoms with van der Waals surface area (Å²) < 4.78 is 37.8. The molecule has 2 aromatic carbocycles. The Labute approximate surface area is 293 Å². The second kappa shape index (κ2) is 20.0. The van der Waals surface area contributed by atoms with Gasteiger partial charge in [0, 0.05) is 18.4 Å². The van der Waals surface area contributed by atoms with Gasteiger partial charge in [-0.15, -0.1) is 6.58 Å². The van der Waals surface area contributed by atoms with Gasteiger partial charge in [-0.05, 0) is 61.3 Å². The Bertz CT molecular complexity index is 1270. The van der Waals surface area contributed by atoms with E-state index in [0.29, 0.717) is 17.7 Å². The Kier molecular flexibility index (Phi) is 15.8. The zero-order chi connectivity index (χ0) is 35.2. The van der Waals surface area contributed by atoms with Crippen LogP contribution >= 0.6 is 0 Å². The number of carbonyl (C=O) groups excluding carboxylic acids is 2. The third-order valence-electron chi connectivity index (χ3n) is 10.6. The van der Waals surface area contributed by atoms with E-state index < -0.39 is 30.8 Å². The Morgan fingerprint density at radius 2 is 1.14 bits per heavy atom. The average molecular weight is 679 g/mol. The molecule has 0 amide bonds. The maximum atomic E-state index is 12.9. The van der Waals surface area contributed by atoms with Crippen molar-refractivity contribution in [2.45, 2.75) is 110 Å². The third-order valence-corrected chi connectivity index (χ3v) is 10.6. The fourth-order valence-corrected chi connectivity index (χ4v) is 6.71. The highest BCUT2D eigenvalue weighted by atomic mass is 16.7. The van der Waals surface area contributed by atoms with Crippen LogP contribution in [0.15, 0.2) is 73.3 Å². The molecule has 2 aliphatic rings. The van der Waals surface area contributed by atoms with Gasteiger partial charge in [-0.25, -0.2) is 9.59 Å². The molecule has 2 saturated heterocycles. The monoisotopic (exact) mass is 678 g/mol. The first-order valence-electron chi connectivity index (χ1n) is 18.3. The van der Waals surface area contributed by atoms with Crippen LogP contribution < -0.4 is 0 Å². The first-order valence-corrected chi connectivity index (χ1v) is 18.3. The molecule has 0 N–H and O–H groups in total. The van der Waals surface area contributed by atoms with Crippen molar-refractivity contribution in [3.63, 3.8) is 0 Å². The largest absolute Gasteiger partial charge is 0.459 e. The van der Waals surface area contributed by atoms with E-state index in [0.717, 1.165) is 19.3 Å². The number of rotatable bonds is 18. The summed E-state index contributed by atoms with van der Waals surface area (Å²) in [5.74, 6) is -0.291. The van der Waals surface area contributed by atoms with E-state index in [4.69, 9.17) is 28.4 Å². The van der Waals surface area contributed by atoms with Gasteiger partial charge in [0.1, 0.15) is 19.3 Å². The quantitative estimate of drug-likeness (QED) is 0.0880. The molecule has 10 unspecified atom stereocenters. The minimum atomic E-state index is -0.564. The lowest BCUT2D eigenvalue weighted by molar-refractivity contribution is -0.327. The predicted octanol–water partition coefficient (Wildman–Crippen LogP) is 8.65. The lowest BCUT2D eigenvalue weighted by Gasteiger charge is -2.48. The van der Waals surface area contributed by atoms with Gasteiger partial charge >= 0.3 is 11.9 Å². The van der Waals surface area contributed by atoms with Gasteiger partial charge in [0.2, 0.25) is 0 Å². The highest BCUT2D eigenvalue weighted by Crippen LogP contribution is 2.40. The van der Waals surface area contributed by atoms with Gasteiger partial charge in [0.25, 0.3) is 0 Å². The maximum absolute atomic E-state index is 12.9. The molecule has 49 heavy (non-hydrogen) atoms. The fourth-order valence-electron chi connectivity index (χ4n) is 6.71. The standard InChI is InChI=1S/C41H58O8/c1-7-8-9-10-11-12-13-20-25-44-40-32(6)30(4)37(36(48-40)27-46-39(43)34-23-18-15-19-24-34)49-41-31(5)28(2)29(3)35(47-41)26-45-38(42)33-21-16-14-17-22-33/h7,14-19,21-24,28-32,35-37,40-41H,1,8-13,20,25-27H2,2-6H3. The summed E-state index contributed by atoms with van der Waals surface area (Å²) in [7, 11) is 0. The Hall–Kier alpha value is -3.04. The third kappa shape index (κ3) is 11.2. The molecule has 0 aliphatic carbocycles. The lowest BCUT2D eigenvalue weighted by atomic mass is 9.78. The smallest absolute Gasteiger partial charge is 0.338 e. The number of benzene rings is 2. The molecule has 10 atom stereocenters. The van der Waals surface area contributed by atoms with Crippen LogP contribution in [0.5, 0.6) is 0 Å². The Balaban J connectivity index is 1.40. The fraction of sp³-hybridized carbons (Fsp3) is 0.610. The van der Waals surface area contributed by atoms with Crippen molar-refractivity contribution < 1.29 is 38.0 Å². The van der Waals surface area contributed by atoms with E-state index in [9.17, 15) is 9.59 Å². The van der Waals surface area contributed by atoms with E-state index in [1.165, 1.54) is 25.7 Å². The molecule has 0 spiro atoms. The summed E-state index contributed by atoms with van der Waals surface area (Å²) in [5.41, 5.74) is 0.987. The predicted molar refractivity (Wildman–Crippen MR) is 190 cm³/mol. The van der Waals surface area contributed by atoms with Crippen molar-refractivity contribution in [2.24, 2.45) is 29.6 Å². The highest BCUT2D eigenvalue weighted by Gasteiger charge is 2.47. The van der Waals surface area contributed by atoms with Gasteiger partial charge in [0.05, 0.1) is 23.3 Å². The molecule has 0 saturated carbocycles. The normalized spacial score (nSPS) is 30.0. The first-order chi connectivity index (χ1) is 23.7. The van der Waals surface area contributed by atoms with Crippen LogP contribution in [0.4, 0.5) is 0 Å². The van der Waals surface area contributed by atoms with Crippen molar-refractivity contribution in [2.75, 3.05) is 19.8 Å². The van der Waals surface area contributed by atoms with Crippen molar-refractivity contribution in [1.82, 2.24) is 0 Å². The van der Waals surface area contributed by atoms with Crippen LogP contribution in [-0.2, 0) is 28.4 Å². The van der Waals surface area contributed by atoms with Crippen LogP contribution in [-0.4, -0.2) is 62.7 Å². The summed E-state index contributed by atoms with van der Waals surface area (Å²) in [5, 5.41) is 0. The summed E-state index contributed by atoms with van der Waals surface area (Å²) in [6.45, 7) is 15.3. The number of hydrogen-bond donors (Lipinski definition) is 0. The second-order valence-electron chi connectivity index (χ2n) is 14.0. The Morgan fingerprint density at radius 1 is 0.633 bits per heavy atom. The van der Waals surface area contributed by atoms with Gasteiger partial charge in [-0.2, -0.15) is 0 Å². The molecule has 0 radical (unpaired) electrons. The highest BCUT2D eigenvalue weighted by molar-refractivity contribution is 5.89. The van der Waals surface area contributed by atoms with Crippen LogP contribution in [0.1, 0.15) is 100 Å². The topological polar surface area (TPSA) is 89.5 Å². The maximum Gasteiger partial charge on any atom is 0.338 e. The molecule has 8 heteroatoms. The van der Waals surface area contributed by atoms with Crippen molar-refractivity contribution in [1.29, 1.82) is 0 Å². The van der Waals surface area contributed by atoms with Crippen LogP contribution in [0.25, 0.3) is 0 Å². The van der Waals surface area contributed by atoms with Crippen molar-refractivity contribution >= 4 is 11.9 Å². The number of hydrogen-bond acceptors (Lipinski definition) is 8. The lowest BCUT2D eigenvalue weighted by Crippen LogP contribution is -2.56. The second-order valence-corrected chi connectivity index (χ2v) is 14.0. The number of unbranched alkanes of at least 4 members (excludes halogenated alkanes) is 6. The van der Waals surface area contributed by atoms with E-state index in [-0.39, 0.29) is 54.9 Å². The molecule has 4 rings (SSSR count). The van der Waals surface area contributed by atoms with E-state index in [2.05, 4.69) is 41.2 Å². The molecule has 8 nitrogen and oxygen atoms in total. The summed E-state index contributed by atoms with van der Waals surface area (Å²) in [6.07, 6.45) is 7.67. The SMILES string of the molecule is C=CCCCCCCCCOC1OC(COC(=O)c2ccccc2)C(OC2OC(COC(=O)c3ccccc3)C(C)C(C)C2C)C(C)C1C. The molecule has 2 aromatic rings. The Morgan fingerprint density at radius 3 is 1.73 bits per heavy atom. The van der Waals surface area contributed by atoms with E-state index >= 15 is 0 Å². The van der Waals surface area contributed by atoms with Gasteiger partial charge in [0.15, 0.2) is 12.6 Å². The van der Waals surface area contributed by atoms with Crippen molar-refractivity contribution in [3.8, 4) is 0 Å². The van der Waals surface area contributed by atoms with Gasteiger partial charge in [-0.3, -0.25) is 0 Å². The number of carbonyl (C=O) groups is 2. The summed E-state index contributed by atoms with van der Waals surface area (Å²) in [4.78, 5) is 25.7. The minimum Gasteiger partial charge on any atom is -0.459 e.